The Hall–Kier alpha value is -2.32. The minimum Gasteiger partial charge on any atom is -0.497 e. The minimum atomic E-state index is -0.124. The van der Waals surface area contributed by atoms with Crippen LogP contribution in [0.2, 0.25) is 0 Å². The second-order valence-corrected chi connectivity index (χ2v) is 7.01. The van der Waals surface area contributed by atoms with Gasteiger partial charge in [0.1, 0.15) is 16.3 Å². The van der Waals surface area contributed by atoms with E-state index in [1.165, 1.54) is 34.8 Å². The Morgan fingerprint density at radius 3 is 2.80 bits per heavy atom. The first kappa shape index (κ1) is 17.5. The number of thioether (sulfide) groups is 1. The Morgan fingerprint density at radius 1 is 1.28 bits per heavy atom. The molecule has 0 spiro atoms. The predicted octanol–water partition coefficient (Wildman–Crippen LogP) is 2.99. The van der Waals surface area contributed by atoms with E-state index in [2.05, 4.69) is 4.98 Å². The molecule has 0 saturated heterocycles. The van der Waals surface area contributed by atoms with Gasteiger partial charge in [-0.05, 0) is 29.6 Å². The second kappa shape index (κ2) is 7.28. The highest BCUT2D eigenvalue weighted by molar-refractivity contribution is 7.99. The van der Waals surface area contributed by atoms with Gasteiger partial charge in [0.25, 0.3) is 5.56 Å². The van der Waals surface area contributed by atoms with Crippen molar-refractivity contribution < 1.29 is 14.3 Å². The number of ether oxygens (including phenoxy) is 2. The molecule has 2 heterocycles. The lowest BCUT2D eigenvalue weighted by Crippen LogP contribution is -2.19. The van der Waals surface area contributed by atoms with Crippen LogP contribution in [-0.2, 0) is 7.05 Å². The Morgan fingerprint density at radius 2 is 2.08 bits per heavy atom. The van der Waals surface area contributed by atoms with Gasteiger partial charge in [-0.2, -0.15) is 0 Å². The largest absolute Gasteiger partial charge is 0.497 e. The first-order valence-corrected chi connectivity index (χ1v) is 9.24. The summed E-state index contributed by atoms with van der Waals surface area (Å²) in [7, 11) is 4.72. The van der Waals surface area contributed by atoms with Gasteiger partial charge in [0.15, 0.2) is 10.9 Å². The van der Waals surface area contributed by atoms with E-state index in [0.29, 0.717) is 32.4 Å². The van der Waals surface area contributed by atoms with Crippen molar-refractivity contribution >= 4 is 39.1 Å². The Balaban J connectivity index is 1.86. The summed E-state index contributed by atoms with van der Waals surface area (Å²) in [5, 5.41) is 2.94. The molecule has 25 heavy (non-hydrogen) atoms. The molecular formula is C17H16N2O4S2. The summed E-state index contributed by atoms with van der Waals surface area (Å²) in [5.41, 5.74) is 0.330. The van der Waals surface area contributed by atoms with Gasteiger partial charge in [-0.25, -0.2) is 4.98 Å². The number of thiophene rings is 1. The number of carbonyl (C=O) groups is 1. The van der Waals surface area contributed by atoms with E-state index < -0.39 is 0 Å². The number of carbonyl (C=O) groups excluding carboxylic acids is 1. The number of hydrogen-bond donors (Lipinski definition) is 0. The van der Waals surface area contributed by atoms with Gasteiger partial charge < -0.3 is 9.47 Å². The molecule has 0 aliphatic heterocycles. The third kappa shape index (κ3) is 3.40. The minimum absolute atomic E-state index is 0.111. The highest BCUT2D eigenvalue weighted by atomic mass is 32.2. The molecule has 0 fully saturated rings. The third-order valence-corrected chi connectivity index (χ3v) is 5.54. The summed E-state index contributed by atoms with van der Waals surface area (Å²) in [4.78, 5) is 30.1. The summed E-state index contributed by atoms with van der Waals surface area (Å²) in [6.07, 6.45) is 0. The molecule has 3 rings (SSSR count). The first-order chi connectivity index (χ1) is 12.0. The number of benzene rings is 1. The molecule has 0 bridgehead atoms. The van der Waals surface area contributed by atoms with E-state index in [4.69, 9.17) is 9.47 Å². The Labute approximate surface area is 152 Å². The topological polar surface area (TPSA) is 70.4 Å². The van der Waals surface area contributed by atoms with Gasteiger partial charge in [-0.3, -0.25) is 14.2 Å². The van der Waals surface area contributed by atoms with Crippen LogP contribution in [0.5, 0.6) is 11.5 Å². The number of ketones is 1. The lowest BCUT2D eigenvalue weighted by atomic mass is 10.1. The van der Waals surface area contributed by atoms with Crippen molar-refractivity contribution in [3.8, 4) is 11.5 Å². The van der Waals surface area contributed by atoms with Crippen LogP contribution in [0, 0.1) is 0 Å². The average Bonchev–Trinajstić information content (AvgIpc) is 3.11. The molecule has 0 amide bonds. The molecular weight excluding hydrogens is 360 g/mol. The molecule has 2 aromatic heterocycles. The average molecular weight is 376 g/mol. The number of aromatic nitrogens is 2. The van der Waals surface area contributed by atoms with Crippen molar-refractivity contribution in [3.05, 3.63) is 45.6 Å². The zero-order valence-corrected chi connectivity index (χ0v) is 15.6. The van der Waals surface area contributed by atoms with E-state index in [1.54, 1.807) is 38.4 Å². The summed E-state index contributed by atoms with van der Waals surface area (Å²) < 4.78 is 11.9. The number of rotatable bonds is 6. The van der Waals surface area contributed by atoms with Crippen molar-refractivity contribution in [2.75, 3.05) is 20.0 Å². The monoisotopic (exact) mass is 376 g/mol. The van der Waals surface area contributed by atoms with Gasteiger partial charge in [0, 0.05) is 7.05 Å². The summed E-state index contributed by atoms with van der Waals surface area (Å²) in [5.74, 6) is 1.09. The van der Waals surface area contributed by atoms with Crippen LogP contribution in [0.25, 0.3) is 10.2 Å². The molecule has 8 heteroatoms. The quantitative estimate of drug-likeness (QED) is 0.374. The molecule has 0 saturated carbocycles. The lowest BCUT2D eigenvalue weighted by Gasteiger charge is -2.10. The molecule has 0 N–H and O–H groups in total. The van der Waals surface area contributed by atoms with Gasteiger partial charge in [0.05, 0.1) is 30.9 Å². The van der Waals surface area contributed by atoms with Gasteiger partial charge in [0.2, 0.25) is 0 Å². The molecule has 0 atom stereocenters. The fourth-order valence-electron chi connectivity index (χ4n) is 2.35. The van der Waals surface area contributed by atoms with Crippen LogP contribution in [0.15, 0.2) is 39.6 Å². The first-order valence-electron chi connectivity index (χ1n) is 7.37. The molecule has 3 aromatic rings. The molecule has 130 valence electrons. The number of hydrogen-bond acceptors (Lipinski definition) is 7. The lowest BCUT2D eigenvalue weighted by molar-refractivity contribution is 0.101. The highest BCUT2D eigenvalue weighted by Gasteiger charge is 2.16. The van der Waals surface area contributed by atoms with Crippen LogP contribution >= 0.6 is 23.1 Å². The van der Waals surface area contributed by atoms with E-state index in [-0.39, 0.29) is 17.1 Å². The molecule has 1 aromatic carbocycles. The summed E-state index contributed by atoms with van der Waals surface area (Å²) in [6.45, 7) is 0. The van der Waals surface area contributed by atoms with Crippen molar-refractivity contribution in [1.29, 1.82) is 0 Å². The SMILES string of the molecule is COc1ccc(OC)c(C(=O)CSc2nc3sccc3c(=O)n2C)c1. The molecule has 0 aliphatic rings. The zero-order chi connectivity index (χ0) is 18.0. The third-order valence-electron chi connectivity index (χ3n) is 3.70. The van der Waals surface area contributed by atoms with E-state index in [0.717, 1.165) is 0 Å². The predicted molar refractivity (Wildman–Crippen MR) is 99.5 cm³/mol. The Kier molecular flexibility index (Phi) is 5.10. The van der Waals surface area contributed by atoms with Gasteiger partial charge in [-0.15, -0.1) is 11.3 Å². The molecule has 0 radical (unpaired) electrons. The molecule has 0 aliphatic carbocycles. The fraction of sp³-hybridized carbons (Fsp3) is 0.235. The van der Waals surface area contributed by atoms with Crippen molar-refractivity contribution in [3.63, 3.8) is 0 Å². The van der Waals surface area contributed by atoms with Gasteiger partial charge in [-0.1, -0.05) is 11.8 Å². The highest BCUT2D eigenvalue weighted by Crippen LogP contribution is 2.27. The van der Waals surface area contributed by atoms with Crippen LogP contribution in [0.3, 0.4) is 0 Å². The van der Waals surface area contributed by atoms with Crippen molar-refractivity contribution in [1.82, 2.24) is 9.55 Å². The normalized spacial score (nSPS) is 10.8. The van der Waals surface area contributed by atoms with E-state index >= 15 is 0 Å². The van der Waals surface area contributed by atoms with Crippen LogP contribution in [0.1, 0.15) is 10.4 Å². The van der Waals surface area contributed by atoms with E-state index in [9.17, 15) is 9.59 Å². The number of methoxy groups -OCH3 is 2. The van der Waals surface area contributed by atoms with Crippen LogP contribution in [-0.4, -0.2) is 35.3 Å². The summed E-state index contributed by atoms with van der Waals surface area (Å²) >= 11 is 2.63. The smallest absolute Gasteiger partial charge is 0.262 e. The standard InChI is InChI=1S/C17H16N2O4S2/c1-19-16(21)11-6-7-24-15(11)18-17(19)25-9-13(20)12-8-10(22-2)4-5-14(12)23-3/h4-8H,9H2,1-3H3. The second-order valence-electron chi connectivity index (χ2n) is 5.18. The number of nitrogens with zero attached hydrogens (tertiary/aromatic N) is 2. The molecule has 0 unspecified atom stereocenters. The van der Waals surface area contributed by atoms with E-state index in [1.807, 2.05) is 5.38 Å². The summed E-state index contributed by atoms with van der Waals surface area (Å²) in [6, 6.07) is 6.84. The van der Waals surface area contributed by atoms with Crippen LogP contribution < -0.4 is 15.0 Å². The van der Waals surface area contributed by atoms with Crippen molar-refractivity contribution in [2.45, 2.75) is 5.16 Å². The maximum Gasteiger partial charge on any atom is 0.262 e. The fourth-order valence-corrected chi connectivity index (χ4v) is 4.01. The van der Waals surface area contributed by atoms with Gasteiger partial charge >= 0.3 is 0 Å². The number of fused-ring (bicyclic) bond motifs is 1. The number of Topliss-reactive ketones (excluding diaryl/α,β-unsaturated/α-hetero) is 1. The zero-order valence-electron chi connectivity index (χ0n) is 13.9. The maximum absolute atomic E-state index is 12.6. The van der Waals surface area contributed by atoms with Crippen molar-refractivity contribution in [2.24, 2.45) is 7.05 Å². The molecule has 6 nitrogen and oxygen atoms in total. The maximum atomic E-state index is 12.6. The Bertz CT molecular complexity index is 994. The van der Waals surface area contributed by atoms with Crippen LogP contribution in [0.4, 0.5) is 0 Å².